The summed E-state index contributed by atoms with van der Waals surface area (Å²) >= 11 is 0. The highest BCUT2D eigenvalue weighted by Crippen LogP contribution is 2.27. The lowest BCUT2D eigenvalue weighted by molar-refractivity contribution is 0.109. The largest absolute Gasteiger partial charge is 0.493 e. The molecule has 0 bridgehead atoms. The number of hydrogen-bond donors (Lipinski definition) is 1. The first kappa shape index (κ1) is 18.5. The number of aliphatic hydroxyl groups is 1. The number of piperazine rings is 1. The number of fused-ring (bicyclic) bond motifs is 1. The predicted octanol–water partition coefficient (Wildman–Crippen LogP) is 2.94. The van der Waals surface area contributed by atoms with Gasteiger partial charge in [-0.25, -0.2) is 0 Å². The Bertz CT molecular complexity index is 741. The molecule has 0 aromatic heterocycles. The minimum absolute atomic E-state index is 0.126. The second-order valence-corrected chi connectivity index (χ2v) is 7.82. The number of ether oxygens (including phenoxy) is 1. The predicted molar refractivity (Wildman–Crippen MR) is 108 cm³/mol. The van der Waals surface area contributed by atoms with Gasteiger partial charge in [0.25, 0.3) is 0 Å². The van der Waals surface area contributed by atoms with Crippen molar-refractivity contribution in [1.29, 1.82) is 0 Å². The van der Waals surface area contributed by atoms with Gasteiger partial charge in [0.05, 0.1) is 13.2 Å². The second kappa shape index (κ2) is 8.87. The van der Waals surface area contributed by atoms with Gasteiger partial charge in [0.1, 0.15) is 5.75 Å². The molecule has 4 heteroatoms. The summed E-state index contributed by atoms with van der Waals surface area (Å²) in [7, 11) is 0. The van der Waals surface area contributed by atoms with E-state index >= 15 is 0 Å². The maximum atomic E-state index is 9.53. The van der Waals surface area contributed by atoms with Gasteiger partial charge >= 0.3 is 0 Å². The van der Waals surface area contributed by atoms with E-state index in [0.717, 1.165) is 63.5 Å². The lowest BCUT2D eigenvalue weighted by atomic mass is 9.96. The molecule has 144 valence electrons. The number of hydrogen-bond acceptors (Lipinski definition) is 4. The lowest BCUT2D eigenvalue weighted by Crippen LogP contribution is -2.47. The van der Waals surface area contributed by atoms with Crippen molar-refractivity contribution in [3.05, 3.63) is 65.2 Å². The molecule has 1 atom stereocenters. The molecule has 0 spiro atoms. The van der Waals surface area contributed by atoms with E-state index in [1.54, 1.807) is 0 Å². The molecular formula is C23H30N2O2. The van der Waals surface area contributed by atoms with Gasteiger partial charge < -0.3 is 14.7 Å². The summed E-state index contributed by atoms with van der Waals surface area (Å²) in [6.45, 7) is 7.51. The molecule has 0 unspecified atom stereocenters. The molecule has 2 heterocycles. The third-order valence-corrected chi connectivity index (χ3v) is 5.93. The van der Waals surface area contributed by atoms with Crippen molar-refractivity contribution in [2.75, 3.05) is 39.3 Å². The number of para-hydroxylation sites is 1. The highest BCUT2D eigenvalue weighted by Gasteiger charge is 2.23. The van der Waals surface area contributed by atoms with Crippen LogP contribution in [0.2, 0.25) is 0 Å². The van der Waals surface area contributed by atoms with Crippen LogP contribution in [-0.4, -0.2) is 54.2 Å². The Kier molecular flexibility index (Phi) is 6.07. The Balaban J connectivity index is 1.28. The van der Waals surface area contributed by atoms with E-state index < -0.39 is 0 Å². The second-order valence-electron chi connectivity index (χ2n) is 7.82. The molecule has 2 aliphatic rings. The van der Waals surface area contributed by atoms with Crippen molar-refractivity contribution >= 4 is 0 Å². The maximum Gasteiger partial charge on any atom is 0.122 e. The standard InChI is InChI=1S/C23H30N2O2/c26-18-22-7-2-1-6-21(22)17-25-12-10-24(11-13-25)16-19-9-14-27-23-8-4-3-5-20(23)15-19/h1-8,19,26H,9-18H2/t19-/m1/s1. The van der Waals surface area contributed by atoms with Gasteiger partial charge in [-0.15, -0.1) is 0 Å². The van der Waals surface area contributed by atoms with Crippen molar-refractivity contribution in [2.24, 2.45) is 5.92 Å². The van der Waals surface area contributed by atoms with Crippen LogP contribution in [0.4, 0.5) is 0 Å². The van der Waals surface area contributed by atoms with Crippen LogP contribution in [0.5, 0.6) is 5.75 Å². The first-order chi connectivity index (χ1) is 13.3. The summed E-state index contributed by atoms with van der Waals surface area (Å²) in [6, 6.07) is 16.7. The Morgan fingerprint density at radius 2 is 1.59 bits per heavy atom. The fourth-order valence-corrected chi connectivity index (χ4v) is 4.32. The van der Waals surface area contributed by atoms with Crippen LogP contribution in [0.3, 0.4) is 0 Å². The fourth-order valence-electron chi connectivity index (χ4n) is 4.32. The number of aliphatic hydroxyl groups excluding tert-OH is 1. The minimum Gasteiger partial charge on any atom is -0.493 e. The van der Waals surface area contributed by atoms with E-state index in [9.17, 15) is 5.11 Å². The number of rotatable bonds is 5. The van der Waals surface area contributed by atoms with E-state index in [1.807, 2.05) is 12.1 Å². The Hall–Kier alpha value is -1.88. The van der Waals surface area contributed by atoms with Crippen LogP contribution in [-0.2, 0) is 19.6 Å². The SMILES string of the molecule is OCc1ccccc1CN1CCN(C[C@@H]2CCOc3ccccc3C2)CC1. The Morgan fingerprint density at radius 1 is 0.889 bits per heavy atom. The van der Waals surface area contributed by atoms with Gasteiger partial charge in [0.15, 0.2) is 0 Å². The third-order valence-electron chi connectivity index (χ3n) is 5.93. The quantitative estimate of drug-likeness (QED) is 0.883. The van der Waals surface area contributed by atoms with Crippen LogP contribution in [0.25, 0.3) is 0 Å². The van der Waals surface area contributed by atoms with Crippen molar-refractivity contribution in [3.63, 3.8) is 0 Å². The van der Waals surface area contributed by atoms with Gasteiger partial charge in [0.2, 0.25) is 0 Å². The molecule has 1 saturated heterocycles. The van der Waals surface area contributed by atoms with Crippen LogP contribution in [0.15, 0.2) is 48.5 Å². The highest BCUT2D eigenvalue weighted by atomic mass is 16.5. The zero-order valence-corrected chi connectivity index (χ0v) is 16.0. The van der Waals surface area contributed by atoms with E-state index in [1.165, 1.54) is 17.7 Å². The third kappa shape index (κ3) is 4.70. The first-order valence-electron chi connectivity index (χ1n) is 10.1. The zero-order chi connectivity index (χ0) is 18.5. The molecule has 2 aromatic rings. The van der Waals surface area contributed by atoms with Crippen molar-refractivity contribution < 1.29 is 9.84 Å². The van der Waals surface area contributed by atoms with Crippen LogP contribution >= 0.6 is 0 Å². The molecular weight excluding hydrogens is 336 g/mol. The summed E-state index contributed by atoms with van der Waals surface area (Å²) < 4.78 is 5.93. The zero-order valence-electron chi connectivity index (χ0n) is 16.0. The summed E-state index contributed by atoms with van der Waals surface area (Å²) in [5.74, 6) is 1.75. The molecule has 0 amide bonds. The summed E-state index contributed by atoms with van der Waals surface area (Å²) in [4.78, 5) is 5.13. The number of nitrogens with zero attached hydrogens (tertiary/aromatic N) is 2. The van der Waals surface area contributed by atoms with Gasteiger partial charge in [-0.3, -0.25) is 4.90 Å². The number of benzene rings is 2. The lowest BCUT2D eigenvalue weighted by Gasteiger charge is -2.36. The van der Waals surface area contributed by atoms with Crippen LogP contribution < -0.4 is 4.74 Å². The smallest absolute Gasteiger partial charge is 0.122 e. The monoisotopic (exact) mass is 366 g/mol. The Labute approximate surface area is 162 Å². The highest BCUT2D eigenvalue weighted by molar-refractivity contribution is 5.34. The molecule has 1 fully saturated rings. The van der Waals surface area contributed by atoms with Crippen molar-refractivity contribution in [2.45, 2.75) is 26.0 Å². The van der Waals surface area contributed by atoms with E-state index in [-0.39, 0.29) is 6.61 Å². The average molecular weight is 367 g/mol. The molecule has 0 aliphatic carbocycles. The van der Waals surface area contributed by atoms with Crippen LogP contribution in [0.1, 0.15) is 23.1 Å². The van der Waals surface area contributed by atoms with Gasteiger partial charge in [-0.2, -0.15) is 0 Å². The molecule has 4 rings (SSSR count). The molecule has 0 radical (unpaired) electrons. The molecule has 1 N–H and O–H groups in total. The minimum atomic E-state index is 0.126. The van der Waals surface area contributed by atoms with Gasteiger partial charge in [-0.1, -0.05) is 42.5 Å². The van der Waals surface area contributed by atoms with E-state index in [4.69, 9.17) is 4.74 Å². The molecule has 27 heavy (non-hydrogen) atoms. The van der Waals surface area contributed by atoms with Crippen molar-refractivity contribution in [3.8, 4) is 5.75 Å². The molecule has 2 aliphatic heterocycles. The van der Waals surface area contributed by atoms with E-state index in [0.29, 0.717) is 5.92 Å². The maximum absolute atomic E-state index is 9.53. The molecule has 2 aromatic carbocycles. The van der Waals surface area contributed by atoms with Gasteiger partial charge in [0, 0.05) is 39.3 Å². The molecule has 0 saturated carbocycles. The van der Waals surface area contributed by atoms with E-state index in [2.05, 4.69) is 46.2 Å². The summed E-state index contributed by atoms with van der Waals surface area (Å²) in [5, 5.41) is 9.53. The average Bonchev–Trinajstić information content (AvgIpc) is 2.91. The Morgan fingerprint density at radius 3 is 2.41 bits per heavy atom. The summed E-state index contributed by atoms with van der Waals surface area (Å²) in [5.41, 5.74) is 3.67. The topological polar surface area (TPSA) is 35.9 Å². The normalized spacial score (nSPS) is 21.3. The first-order valence-corrected chi connectivity index (χ1v) is 10.1. The fraction of sp³-hybridized carbons (Fsp3) is 0.478. The summed E-state index contributed by atoms with van der Waals surface area (Å²) in [6.07, 6.45) is 2.26. The molecule has 4 nitrogen and oxygen atoms in total. The van der Waals surface area contributed by atoms with Crippen molar-refractivity contribution in [1.82, 2.24) is 9.80 Å². The van der Waals surface area contributed by atoms with Gasteiger partial charge in [-0.05, 0) is 41.5 Å². The van der Waals surface area contributed by atoms with Crippen LogP contribution in [0, 0.1) is 5.92 Å².